The SMILES string of the molecule is COC(C1CC1)C(Cc1ccn(C2CCCCC2)n1)NN. The molecule has 0 saturated heterocycles. The van der Waals surface area contributed by atoms with Crippen molar-refractivity contribution in [3.63, 3.8) is 0 Å². The smallest absolute Gasteiger partial charge is 0.0769 e. The standard InChI is InChI=1S/C16H28N4O/c1-21-16(12-7-8-12)15(18-17)11-13-9-10-20(19-13)14-5-3-2-4-6-14/h9-10,12,14-16,18H,2-8,11,17H2,1H3. The highest BCUT2D eigenvalue weighted by Gasteiger charge is 2.36. The highest BCUT2D eigenvalue weighted by Crippen LogP contribution is 2.36. The van der Waals surface area contributed by atoms with Gasteiger partial charge in [0.1, 0.15) is 0 Å². The zero-order valence-corrected chi connectivity index (χ0v) is 13.0. The zero-order valence-electron chi connectivity index (χ0n) is 13.0. The highest BCUT2D eigenvalue weighted by molar-refractivity contribution is 5.05. The maximum Gasteiger partial charge on any atom is 0.0769 e. The summed E-state index contributed by atoms with van der Waals surface area (Å²) in [6.07, 6.45) is 12.3. The van der Waals surface area contributed by atoms with Crippen LogP contribution in [-0.2, 0) is 11.2 Å². The third kappa shape index (κ3) is 3.65. The quantitative estimate of drug-likeness (QED) is 0.597. The number of methoxy groups -OCH3 is 1. The lowest BCUT2D eigenvalue weighted by molar-refractivity contribution is 0.0507. The molecule has 0 spiro atoms. The molecule has 0 radical (unpaired) electrons. The van der Waals surface area contributed by atoms with Gasteiger partial charge in [0, 0.05) is 19.7 Å². The molecule has 118 valence electrons. The van der Waals surface area contributed by atoms with Gasteiger partial charge in [0.05, 0.1) is 23.9 Å². The minimum absolute atomic E-state index is 0.150. The molecule has 1 heterocycles. The lowest BCUT2D eigenvalue weighted by Crippen LogP contribution is -2.47. The molecule has 2 fully saturated rings. The van der Waals surface area contributed by atoms with Crippen LogP contribution in [0.4, 0.5) is 0 Å². The third-order valence-corrected chi connectivity index (χ3v) is 5.01. The van der Waals surface area contributed by atoms with Gasteiger partial charge in [0.25, 0.3) is 0 Å². The third-order valence-electron chi connectivity index (χ3n) is 5.01. The Morgan fingerprint density at radius 2 is 2.10 bits per heavy atom. The van der Waals surface area contributed by atoms with Crippen LogP contribution in [0.1, 0.15) is 56.7 Å². The van der Waals surface area contributed by atoms with E-state index in [4.69, 9.17) is 15.7 Å². The summed E-state index contributed by atoms with van der Waals surface area (Å²) in [7, 11) is 1.79. The van der Waals surface area contributed by atoms with Crippen molar-refractivity contribution in [2.75, 3.05) is 7.11 Å². The van der Waals surface area contributed by atoms with Gasteiger partial charge in [0.2, 0.25) is 0 Å². The summed E-state index contributed by atoms with van der Waals surface area (Å²) in [5, 5.41) is 4.78. The molecule has 21 heavy (non-hydrogen) atoms. The van der Waals surface area contributed by atoms with Gasteiger partial charge < -0.3 is 4.74 Å². The molecule has 2 aliphatic rings. The van der Waals surface area contributed by atoms with Crippen molar-refractivity contribution in [2.45, 2.75) is 69.6 Å². The maximum atomic E-state index is 5.75. The molecule has 0 aliphatic heterocycles. The number of aromatic nitrogens is 2. The molecule has 2 saturated carbocycles. The molecule has 5 heteroatoms. The second-order valence-electron chi connectivity index (χ2n) is 6.59. The van der Waals surface area contributed by atoms with Crippen molar-refractivity contribution < 1.29 is 4.74 Å². The number of rotatable bonds is 7. The van der Waals surface area contributed by atoms with E-state index in [0.29, 0.717) is 12.0 Å². The van der Waals surface area contributed by atoms with Gasteiger partial charge in [0.15, 0.2) is 0 Å². The number of nitrogens with zero attached hydrogens (tertiary/aromatic N) is 2. The van der Waals surface area contributed by atoms with Gasteiger partial charge in [-0.05, 0) is 37.7 Å². The van der Waals surface area contributed by atoms with E-state index >= 15 is 0 Å². The Kier molecular flexibility index (Phi) is 4.93. The first-order valence-corrected chi connectivity index (χ1v) is 8.34. The Morgan fingerprint density at radius 3 is 2.71 bits per heavy atom. The molecular formula is C16H28N4O. The van der Waals surface area contributed by atoms with E-state index in [2.05, 4.69) is 22.4 Å². The summed E-state index contributed by atoms with van der Waals surface area (Å²) in [5.41, 5.74) is 4.05. The van der Waals surface area contributed by atoms with Crippen LogP contribution in [0.2, 0.25) is 0 Å². The van der Waals surface area contributed by atoms with Gasteiger partial charge in [-0.3, -0.25) is 16.0 Å². The summed E-state index contributed by atoms with van der Waals surface area (Å²) in [6, 6.07) is 2.88. The van der Waals surface area contributed by atoms with Crippen LogP contribution in [0.25, 0.3) is 0 Å². The van der Waals surface area contributed by atoms with Crippen LogP contribution >= 0.6 is 0 Å². The monoisotopic (exact) mass is 292 g/mol. The Hall–Kier alpha value is -0.910. The van der Waals surface area contributed by atoms with E-state index in [9.17, 15) is 0 Å². The first-order valence-electron chi connectivity index (χ1n) is 8.34. The van der Waals surface area contributed by atoms with Crippen molar-refractivity contribution >= 4 is 0 Å². The summed E-state index contributed by atoms with van der Waals surface area (Å²) in [4.78, 5) is 0. The number of nitrogens with two attached hydrogens (primary N) is 1. The molecule has 1 aromatic heterocycles. The largest absolute Gasteiger partial charge is 0.379 e. The lowest BCUT2D eigenvalue weighted by atomic mass is 9.96. The van der Waals surface area contributed by atoms with E-state index in [0.717, 1.165) is 12.1 Å². The van der Waals surface area contributed by atoms with Crippen LogP contribution < -0.4 is 11.3 Å². The van der Waals surface area contributed by atoms with Crippen LogP contribution in [0.15, 0.2) is 12.3 Å². The van der Waals surface area contributed by atoms with Gasteiger partial charge >= 0.3 is 0 Å². The van der Waals surface area contributed by atoms with Crippen LogP contribution in [-0.4, -0.2) is 29.0 Å². The highest BCUT2D eigenvalue weighted by atomic mass is 16.5. The maximum absolute atomic E-state index is 5.75. The molecular weight excluding hydrogens is 264 g/mol. The number of hydrazine groups is 1. The number of hydrogen-bond acceptors (Lipinski definition) is 4. The van der Waals surface area contributed by atoms with Gasteiger partial charge in [-0.1, -0.05) is 19.3 Å². The Balaban J connectivity index is 1.62. The molecule has 0 aromatic carbocycles. The molecule has 0 amide bonds. The topological polar surface area (TPSA) is 65.1 Å². The molecule has 3 rings (SSSR count). The van der Waals surface area contributed by atoms with Gasteiger partial charge in [-0.25, -0.2) is 0 Å². The average Bonchev–Trinajstić information content (AvgIpc) is 3.25. The summed E-state index contributed by atoms with van der Waals surface area (Å²) < 4.78 is 7.81. The second kappa shape index (κ2) is 6.90. The normalized spacial score (nSPS) is 23.1. The molecule has 1 aromatic rings. The van der Waals surface area contributed by atoms with Crippen molar-refractivity contribution in [2.24, 2.45) is 11.8 Å². The lowest BCUT2D eigenvalue weighted by Gasteiger charge is -2.25. The Bertz CT molecular complexity index is 437. The van der Waals surface area contributed by atoms with E-state index in [1.165, 1.54) is 44.9 Å². The fraction of sp³-hybridized carbons (Fsp3) is 0.812. The fourth-order valence-electron chi connectivity index (χ4n) is 3.64. The van der Waals surface area contributed by atoms with Gasteiger partial charge in [-0.2, -0.15) is 5.10 Å². The van der Waals surface area contributed by atoms with Crippen molar-refractivity contribution in [1.29, 1.82) is 0 Å². The number of ether oxygens (including phenoxy) is 1. The first kappa shape index (κ1) is 15.0. The predicted molar refractivity (Wildman–Crippen MR) is 82.7 cm³/mol. The second-order valence-corrected chi connectivity index (χ2v) is 6.59. The van der Waals surface area contributed by atoms with Crippen molar-refractivity contribution in [1.82, 2.24) is 15.2 Å². The Labute approximate surface area is 127 Å². The van der Waals surface area contributed by atoms with Crippen LogP contribution in [0, 0.1) is 5.92 Å². The van der Waals surface area contributed by atoms with Gasteiger partial charge in [-0.15, -0.1) is 0 Å². The minimum atomic E-state index is 0.150. The predicted octanol–water partition coefficient (Wildman–Crippen LogP) is 2.19. The minimum Gasteiger partial charge on any atom is -0.379 e. The number of nitrogens with one attached hydrogen (secondary N) is 1. The molecule has 5 nitrogen and oxygen atoms in total. The average molecular weight is 292 g/mol. The molecule has 2 atom stereocenters. The molecule has 2 unspecified atom stereocenters. The fourth-order valence-corrected chi connectivity index (χ4v) is 3.64. The summed E-state index contributed by atoms with van der Waals surface area (Å²) >= 11 is 0. The molecule has 2 aliphatic carbocycles. The number of hydrogen-bond donors (Lipinski definition) is 2. The Morgan fingerprint density at radius 1 is 1.33 bits per heavy atom. The van der Waals surface area contributed by atoms with Crippen LogP contribution in [0.5, 0.6) is 0 Å². The zero-order chi connectivity index (χ0) is 14.7. The van der Waals surface area contributed by atoms with Crippen molar-refractivity contribution in [3.8, 4) is 0 Å². The molecule has 0 bridgehead atoms. The van der Waals surface area contributed by atoms with Crippen molar-refractivity contribution in [3.05, 3.63) is 18.0 Å². The van der Waals surface area contributed by atoms with E-state index in [1.807, 2.05) is 0 Å². The van der Waals surface area contributed by atoms with Crippen LogP contribution in [0.3, 0.4) is 0 Å². The van der Waals surface area contributed by atoms with E-state index in [-0.39, 0.29) is 12.1 Å². The van der Waals surface area contributed by atoms with E-state index < -0.39 is 0 Å². The first-order chi connectivity index (χ1) is 10.3. The van der Waals surface area contributed by atoms with E-state index in [1.54, 1.807) is 7.11 Å². The summed E-state index contributed by atoms with van der Waals surface area (Å²) in [5.74, 6) is 6.41. The molecule has 3 N–H and O–H groups in total. The summed E-state index contributed by atoms with van der Waals surface area (Å²) in [6.45, 7) is 0.